The molecule has 1 aliphatic carbocycles. The molecule has 238 valence electrons. The second-order valence-electron chi connectivity index (χ2n) is 13.5. The lowest BCUT2D eigenvalue weighted by Crippen LogP contribution is -2.16. The highest BCUT2D eigenvalue weighted by Crippen LogP contribution is 2.50. The maximum absolute atomic E-state index is 5.19. The van der Waals surface area contributed by atoms with E-state index in [1.807, 2.05) is 24.3 Å². The van der Waals surface area contributed by atoms with Crippen molar-refractivity contribution >= 4 is 28.0 Å². The van der Waals surface area contributed by atoms with E-state index < -0.39 is 0 Å². The van der Waals surface area contributed by atoms with Crippen LogP contribution in [0.1, 0.15) is 25.0 Å². The standard InChI is InChI=1S/C47H35N3/c1-47(2)42-22-11-9-20-39(42)40-29-28-38(31-43(40)47)50(36-26-24-33(25-27-36)32-14-5-3-6-15-32)37-19-13-18-35(30-37)45-41-21-10-12-23-44(41)48-46(49-45)34-16-7-4-8-17-34/h3-31H,1-2H3. The second kappa shape index (κ2) is 12.0. The molecule has 0 saturated heterocycles. The summed E-state index contributed by atoms with van der Waals surface area (Å²) in [6, 6.07) is 62.5. The van der Waals surface area contributed by atoms with Gasteiger partial charge in [-0.15, -0.1) is 0 Å². The van der Waals surface area contributed by atoms with Crippen LogP contribution in [0.15, 0.2) is 176 Å². The van der Waals surface area contributed by atoms with E-state index in [-0.39, 0.29) is 5.41 Å². The minimum atomic E-state index is -0.111. The number of aromatic nitrogens is 2. The Balaban J connectivity index is 1.21. The number of fused-ring (bicyclic) bond motifs is 4. The average Bonchev–Trinajstić information content (AvgIpc) is 3.41. The summed E-state index contributed by atoms with van der Waals surface area (Å²) < 4.78 is 0. The molecule has 0 N–H and O–H groups in total. The fourth-order valence-electron chi connectivity index (χ4n) is 7.52. The molecule has 8 aromatic rings. The van der Waals surface area contributed by atoms with Gasteiger partial charge in [-0.3, -0.25) is 0 Å². The number of hydrogen-bond acceptors (Lipinski definition) is 3. The number of nitrogens with zero attached hydrogens (tertiary/aromatic N) is 3. The molecule has 0 fully saturated rings. The number of para-hydroxylation sites is 1. The van der Waals surface area contributed by atoms with Crippen LogP contribution in [0, 0.1) is 0 Å². The molecular weight excluding hydrogens is 607 g/mol. The minimum Gasteiger partial charge on any atom is -0.310 e. The van der Waals surface area contributed by atoms with Crippen molar-refractivity contribution in [1.29, 1.82) is 0 Å². The molecule has 0 saturated carbocycles. The van der Waals surface area contributed by atoms with Crippen LogP contribution in [0.5, 0.6) is 0 Å². The summed E-state index contributed by atoms with van der Waals surface area (Å²) in [7, 11) is 0. The largest absolute Gasteiger partial charge is 0.310 e. The molecule has 0 amide bonds. The maximum Gasteiger partial charge on any atom is 0.160 e. The Morgan fingerprint density at radius 3 is 1.82 bits per heavy atom. The number of hydrogen-bond donors (Lipinski definition) is 0. The molecule has 1 aromatic heterocycles. The predicted molar refractivity (Wildman–Crippen MR) is 208 cm³/mol. The molecule has 0 atom stereocenters. The predicted octanol–water partition coefficient (Wildman–Crippen LogP) is 12.4. The van der Waals surface area contributed by atoms with Gasteiger partial charge < -0.3 is 4.90 Å². The fourth-order valence-corrected chi connectivity index (χ4v) is 7.52. The van der Waals surface area contributed by atoms with Gasteiger partial charge in [-0.2, -0.15) is 0 Å². The van der Waals surface area contributed by atoms with Crippen molar-refractivity contribution in [3.63, 3.8) is 0 Å². The van der Waals surface area contributed by atoms with E-state index in [9.17, 15) is 0 Å². The van der Waals surface area contributed by atoms with Gasteiger partial charge >= 0.3 is 0 Å². The first-order valence-corrected chi connectivity index (χ1v) is 17.2. The van der Waals surface area contributed by atoms with Crippen molar-refractivity contribution in [1.82, 2.24) is 9.97 Å². The van der Waals surface area contributed by atoms with E-state index in [4.69, 9.17) is 9.97 Å². The first kappa shape index (κ1) is 29.8. The van der Waals surface area contributed by atoms with Gasteiger partial charge in [0.05, 0.1) is 11.2 Å². The van der Waals surface area contributed by atoms with E-state index in [0.29, 0.717) is 0 Å². The van der Waals surface area contributed by atoms with E-state index in [0.717, 1.165) is 50.6 Å². The van der Waals surface area contributed by atoms with Crippen molar-refractivity contribution in [2.24, 2.45) is 0 Å². The normalized spacial score (nSPS) is 12.8. The van der Waals surface area contributed by atoms with Crippen LogP contribution in [-0.4, -0.2) is 9.97 Å². The molecular formula is C47H35N3. The van der Waals surface area contributed by atoms with Crippen molar-refractivity contribution in [2.75, 3.05) is 4.90 Å². The zero-order valence-electron chi connectivity index (χ0n) is 28.1. The minimum absolute atomic E-state index is 0.111. The Morgan fingerprint density at radius 2 is 1.02 bits per heavy atom. The van der Waals surface area contributed by atoms with Gasteiger partial charge in [-0.1, -0.05) is 147 Å². The third-order valence-electron chi connectivity index (χ3n) is 10.1. The van der Waals surface area contributed by atoms with E-state index in [1.165, 1.54) is 33.4 Å². The summed E-state index contributed by atoms with van der Waals surface area (Å²) in [5, 5.41) is 1.03. The van der Waals surface area contributed by atoms with Crippen molar-refractivity contribution in [2.45, 2.75) is 19.3 Å². The summed E-state index contributed by atoms with van der Waals surface area (Å²) in [5.74, 6) is 0.721. The third-order valence-corrected chi connectivity index (χ3v) is 10.1. The summed E-state index contributed by atoms with van der Waals surface area (Å²) in [5.41, 5.74) is 14.8. The first-order valence-electron chi connectivity index (χ1n) is 17.2. The molecule has 9 rings (SSSR count). The Kier molecular flexibility index (Phi) is 7.14. The van der Waals surface area contributed by atoms with Gasteiger partial charge in [-0.25, -0.2) is 9.97 Å². The number of benzene rings is 7. The molecule has 0 radical (unpaired) electrons. The fraction of sp³-hybridized carbons (Fsp3) is 0.0638. The SMILES string of the molecule is CC1(C)c2ccccc2-c2ccc(N(c3ccc(-c4ccccc4)cc3)c3cccc(-c4nc(-c5ccccc5)nc5ccccc45)c3)cc21. The highest BCUT2D eigenvalue weighted by atomic mass is 15.1. The lowest BCUT2D eigenvalue weighted by atomic mass is 9.82. The van der Waals surface area contributed by atoms with Crippen molar-refractivity contribution in [3.05, 3.63) is 187 Å². The summed E-state index contributed by atoms with van der Waals surface area (Å²) in [4.78, 5) is 12.5. The van der Waals surface area contributed by atoms with Gasteiger partial charge in [0, 0.05) is 39.0 Å². The number of rotatable bonds is 6. The molecule has 0 bridgehead atoms. The van der Waals surface area contributed by atoms with Crippen LogP contribution in [0.3, 0.4) is 0 Å². The Bertz CT molecular complexity index is 2500. The quantitative estimate of drug-likeness (QED) is 0.181. The highest BCUT2D eigenvalue weighted by Gasteiger charge is 2.35. The van der Waals surface area contributed by atoms with Crippen LogP contribution in [0.2, 0.25) is 0 Å². The molecule has 0 spiro atoms. The summed E-state index contributed by atoms with van der Waals surface area (Å²) in [6.07, 6.45) is 0. The van der Waals surface area contributed by atoms with Gasteiger partial charge in [0.2, 0.25) is 0 Å². The molecule has 3 heteroatoms. The van der Waals surface area contributed by atoms with Crippen LogP contribution in [0.4, 0.5) is 17.1 Å². The van der Waals surface area contributed by atoms with E-state index in [1.54, 1.807) is 0 Å². The molecule has 1 heterocycles. The van der Waals surface area contributed by atoms with Gasteiger partial charge in [-0.05, 0) is 75.8 Å². The molecule has 0 unspecified atom stereocenters. The van der Waals surface area contributed by atoms with Crippen LogP contribution in [0.25, 0.3) is 55.8 Å². The zero-order valence-corrected chi connectivity index (χ0v) is 28.1. The number of anilines is 3. The topological polar surface area (TPSA) is 29.0 Å². The third kappa shape index (κ3) is 5.07. The van der Waals surface area contributed by atoms with Gasteiger partial charge in [0.15, 0.2) is 5.82 Å². The van der Waals surface area contributed by atoms with E-state index >= 15 is 0 Å². The molecule has 50 heavy (non-hydrogen) atoms. The second-order valence-corrected chi connectivity index (χ2v) is 13.5. The lowest BCUT2D eigenvalue weighted by molar-refractivity contribution is 0.660. The Morgan fingerprint density at radius 1 is 0.420 bits per heavy atom. The van der Waals surface area contributed by atoms with Crippen LogP contribution < -0.4 is 4.90 Å². The highest BCUT2D eigenvalue weighted by molar-refractivity contribution is 5.95. The molecule has 7 aromatic carbocycles. The first-order chi connectivity index (χ1) is 24.5. The summed E-state index contributed by atoms with van der Waals surface area (Å²) >= 11 is 0. The van der Waals surface area contributed by atoms with Gasteiger partial charge in [0.25, 0.3) is 0 Å². The smallest absolute Gasteiger partial charge is 0.160 e. The van der Waals surface area contributed by atoms with Gasteiger partial charge in [0.1, 0.15) is 0 Å². The Labute approximate surface area is 293 Å². The molecule has 3 nitrogen and oxygen atoms in total. The molecule has 1 aliphatic rings. The Hall–Kier alpha value is -6.32. The zero-order chi connectivity index (χ0) is 33.7. The average molecular weight is 642 g/mol. The monoisotopic (exact) mass is 641 g/mol. The summed E-state index contributed by atoms with van der Waals surface area (Å²) in [6.45, 7) is 4.68. The molecule has 0 aliphatic heterocycles. The van der Waals surface area contributed by atoms with Crippen molar-refractivity contribution in [3.8, 4) is 44.9 Å². The lowest BCUT2D eigenvalue weighted by Gasteiger charge is -2.28. The van der Waals surface area contributed by atoms with Crippen LogP contribution in [-0.2, 0) is 5.41 Å². The van der Waals surface area contributed by atoms with E-state index in [2.05, 4.69) is 170 Å². The maximum atomic E-state index is 5.19. The van der Waals surface area contributed by atoms with Crippen molar-refractivity contribution < 1.29 is 0 Å². The van der Waals surface area contributed by atoms with Crippen LogP contribution >= 0.6 is 0 Å².